The van der Waals surface area contributed by atoms with E-state index in [-0.39, 0.29) is 24.7 Å². The molecular weight excluding hydrogens is 332 g/mol. The van der Waals surface area contributed by atoms with Crippen LogP contribution in [-0.2, 0) is 33.6 Å². The van der Waals surface area contributed by atoms with E-state index < -0.39 is 11.4 Å². The first-order valence-electron chi connectivity index (χ1n) is 8.48. The van der Waals surface area contributed by atoms with E-state index in [4.69, 9.17) is 0 Å². The molecular formula is C20H18N2O4. The molecule has 0 radical (unpaired) electrons. The van der Waals surface area contributed by atoms with E-state index in [0.717, 1.165) is 22.4 Å². The number of carbonyl (C=O) groups is 3. The van der Waals surface area contributed by atoms with Crippen LogP contribution in [0.25, 0.3) is 0 Å². The number of aliphatic carboxylic acids is 1. The first-order chi connectivity index (χ1) is 12.4. The molecule has 132 valence electrons. The number of carboxylic acid groups (broad SMARTS) is 1. The Morgan fingerprint density at radius 2 is 1.77 bits per heavy atom. The lowest BCUT2D eigenvalue weighted by atomic mass is 9.81. The molecule has 0 unspecified atom stereocenters. The summed E-state index contributed by atoms with van der Waals surface area (Å²) in [4.78, 5) is 35.9. The summed E-state index contributed by atoms with van der Waals surface area (Å²) in [5, 5.41) is 15.3. The molecule has 0 atom stereocenters. The van der Waals surface area contributed by atoms with Gasteiger partial charge < -0.3 is 15.7 Å². The van der Waals surface area contributed by atoms with Crippen molar-refractivity contribution >= 4 is 29.2 Å². The highest BCUT2D eigenvalue weighted by molar-refractivity contribution is 6.00. The minimum absolute atomic E-state index is 0.0722. The molecule has 1 aliphatic carbocycles. The zero-order valence-electron chi connectivity index (χ0n) is 14.0. The highest BCUT2D eigenvalue weighted by atomic mass is 16.4. The number of hydrogen-bond donors (Lipinski definition) is 3. The smallest absolute Gasteiger partial charge is 0.310 e. The van der Waals surface area contributed by atoms with Crippen molar-refractivity contribution in [3.8, 4) is 0 Å². The predicted octanol–water partition coefficient (Wildman–Crippen LogP) is 2.38. The summed E-state index contributed by atoms with van der Waals surface area (Å²) >= 11 is 0. The van der Waals surface area contributed by atoms with Gasteiger partial charge in [0.05, 0.1) is 11.8 Å². The third-order valence-electron chi connectivity index (χ3n) is 5.14. The molecule has 6 heteroatoms. The minimum Gasteiger partial charge on any atom is -0.481 e. The number of hydrogen-bond acceptors (Lipinski definition) is 3. The Morgan fingerprint density at radius 3 is 2.42 bits per heavy atom. The van der Waals surface area contributed by atoms with Crippen molar-refractivity contribution in [3.05, 3.63) is 59.2 Å². The maximum absolute atomic E-state index is 12.5. The third-order valence-corrected chi connectivity index (χ3v) is 5.14. The van der Waals surface area contributed by atoms with Crippen molar-refractivity contribution < 1.29 is 19.5 Å². The minimum atomic E-state index is -1.11. The molecule has 1 heterocycles. The number of carboxylic acids is 1. The topological polar surface area (TPSA) is 95.5 Å². The number of rotatable bonds is 4. The Balaban J connectivity index is 1.50. The lowest BCUT2D eigenvalue weighted by Crippen LogP contribution is -2.36. The van der Waals surface area contributed by atoms with Gasteiger partial charge in [0, 0.05) is 17.8 Å². The van der Waals surface area contributed by atoms with Crippen molar-refractivity contribution in [1.82, 2.24) is 0 Å². The van der Waals surface area contributed by atoms with Crippen molar-refractivity contribution in [2.45, 2.75) is 25.7 Å². The molecule has 6 nitrogen and oxygen atoms in total. The summed E-state index contributed by atoms with van der Waals surface area (Å²) in [6, 6.07) is 12.8. The molecule has 0 aromatic heterocycles. The maximum Gasteiger partial charge on any atom is 0.310 e. The number of benzene rings is 2. The van der Waals surface area contributed by atoms with Crippen molar-refractivity contribution in [2.75, 3.05) is 10.6 Å². The molecule has 2 aromatic carbocycles. The van der Waals surface area contributed by atoms with E-state index in [0.29, 0.717) is 18.5 Å². The molecule has 26 heavy (non-hydrogen) atoms. The van der Waals surface area contributed by atoms with Crippen molar-refractivity contribution in [1.29, 1.82) is 0 Å². The fraction of sp³-hybridized carbons (Fsp3) is 0.250. The normalized spacial score (nSPS) is 16.5. The Morgan fingerprint density at radius 1 is 1.08 bits per heavy atom. The monoisotopic (exact) mass is 350 g/mol. The lowest BCUT2D eigenvalue weighted by Gasteiger charge is -2.23. The van der Waals surface area contributed by atoms with Gasteiger partial charge in [-0.2, -0.15) is 0 Å². The van der Waals surface area contributed by atoms with Crippen LogP contribution in [0.2, 0.25) is 0 Å². The molecule has 3 N–H and O–H groups in total. The second-order valence-corrected chi connectivity index (χ2v) is 7.03. The molecule has 2 amide bonds. The Hall–Kier alpha value is -3.15. The van der Waals surface area contributed by atoms with Crippen LogP contribution in [0.4, 0.5) is 11.4 Å². The number of nitrogens with one attached hydrogen (secondary N) is 2. The van der Waals surface area contributed by atoms with Gasteiger partial charge in [0.2, 0.25) is 11.8 Å². The zero-order valence-corrected chi connectivity index (χ0v) is 14.0. The van der Waals surface area contributed by atoms with Gasteiger partial charge in [0.1, 0.15) is 0 Å². The van der Waals surface area contributed by atoms with Gasteiger partial charge in [-0.15, -0.1) is 0 Å². The van der Waals surface area contributed by atoms with Crippen LogP contribution in [0.1, 0.15) is 23.1 Å². The van der Waals surface area contributed by atoms with Crippen LogP contribution in [-0.4, -0.2) is 22.9 Å². The van der Waals surface area contributed by atoms with Crippen molar-refractivity contribution in [2.24, 2.45) is 5.41 Å². The van der Waals surface area contributed by atoms with E-state index in [1.165, 1.54) is 0 Å². The first kappa shape index (κ1) is 16.3. The van der Waals surface area contributed by atoms with Crippen LogP contribution in [0.15, 0.2) is 42.5 Å². The van der Waals surface area contributed by atoms with Gasteiger partial charge in [-0.25, -0.2) is 0 Å². The molecule has 2 aromatic rings. The Kier molecular flexibility index (Phi) is 3.76. The van der Waals surface area contributed by atoms with Gasteiger partial charge in [0.15, 0.2) is 0 Å². The molecule has 0 spiro atoms. The molecule has 2 aliphatic rings. The largest absolute Gasteiger partial charge is 0.481 e. The van der Waals surface area contributed by atoms with Gasteiger partial charge in [-0.05, 0) is 47.7 Å². The summed E-state index contributed by atoms with van der Waals surface area (Å²) in [5.74, 6) is -1.36. The summed E-state index contributed by atoms with van der Waals surface area (Å²) < 4.78 is 0. The Bertz CT molecular complexity index is 910. The van der Waals surface area contributed by atoms with Crippen LogP contribution < -0.4 is 10.6 Å². The number of fused-ring (bicyclic) bond motifs is 2. The van der Waals surface area contributed by atoms with E-state index in [1.807, 2.05) is 24.3 Å². The summed E-state index contributed by atoms with van der Waals surface area (Å²) in [7, 11) is 0. The van der Waals surface area contributed by atoms with Crippen LogP contribution in [0.5, 0.6) is 0 Å². The van der Waals surface area contributed by atoms with Gasteiger partial charge in [0.25, 0.3) is 0 Å². The van der Waals surface area contributed by atoms with E-state index in [9.17, 15) is 19.5 Å². The van der Waals surface area contributed by atoms with Gasteiger partial charge in [-0.1, -0.05) is 24.3 Å². The van der Waals surface area contributed by atoms with E-state index in [2.05, 4.69) is 10.6 Å². The Labute approximate surface area is 150 Å². The van der Waals surface area contributed by atoms with E-state index in [1.54, 1.807) is 18.2 Å². The SMILES string of the molecule is O=C(CC1(C(=O)O)Cc2ccccc2C1)Nc1ccc2c(c1)CC(=O)N2. The number of anilines is 2. The molecule has 4 rings (SSSR count). The molecule has 0 saturated heterocycles. The highest BCUT2D eigenvalue weighted by Crippen LogP contribution is 2.40. The quantitative estimate of drug-likeness (QED) is 0.789. The predicted molar refractivity (Wildman–Crippen MR) is 95.9 cm³/mol. The third kappa shape index (κ3) is 2.83. The average molecular weight is 350 g/mol. The van der Waals surface area contributed by atoms with Crippen LogP contribution in [0.3, 0.4) is 0 Å². The second kappa shape index (κ2) is 5.98. The maximum atomic E-state index is 12.5. The summed E-state index contributed by atoms with van der Waals surface area (Å²) in [6.07, 6.45) is 0.905. The average Bonchev–Trinajstić information content (AvgIpc) is 3.13. The van der Waals surface area contributed by atoms with Crippen LogP contribution in [0, 0.1) is 5.41 Å². The van der Waals surface area contributed by atoms with E-state index >= 15 is 0 Å². The highest BCUT2D eigenvalue weighted by Gasteiger charge is 2.45. The molecule has 0 fully saturated rings. The fourth-order valence-electron chi connectivity index (χ4n) is 3.87. The summed E-state index contributed by atoms with van der Waals surface area (Å²) in [6.45, 7) is 0. The summed E-state index contributed by atoms with van der Waals surface area (Å²) in [5.41, 5.74) is 3.02. The molecule has 0 bridgehead atoms. The first-order valence-corrected chi connectivity index (χ1v) is 8.48. The molecule has 1 aliphatic heterocycles. The van der Waals surface area contributed by atoms with Crippen LogP contribution >= 0.6 is 0 Å². The number of amides is 2. The molecule has 0 saturated carbocycles. The van der Waals surface area contributed by atoms with Crippen molar-refractivity contribution in [3.63, 3.8) is 0 Å². The van der Waals surface area contributed by atoms with Gasteiger partial charge >= 0.3 is 5.97 Å². The fourth-order valence-corrected chi connectivity index (χ4v) is 3.87. The number of carbonyl (C=O) groups excluding carboxylic acids is 2. The van der Waals surface area contributed by atoms with Gasteiger partial charge in [-0.3, -0.25) is 14.4 Å². The second-order valence-electron chi connectivity index (χ2n) is 7.03. The lowest BCUT2D eigenvalue weighted by molar-refractivity contribution is -0.150. The standard InChI is InChI=1S/C20H18N2O4/c23-17-8-14-7-15(5-6-16(14)22-17)21-18(24)11-20(19(25)26)9-12-3-1-2-4-13(12)10-20/h1-7H,8-11H2,(H,21,24)(H,22,23)(H,25,26). The zero-order chi connectivity index (χ0) is 18.3.